The van der Waals surface area contributed by atoms with Crippen LogP contribution in [0.1, 0.15) is 37.0 Å². The molecule has 0 aliphatic carbocycles. The largest absolute Gasteiger partial charge is 0.506 e. The van der Waals surface area contributed by atoms with Crippen LogP contribution in [0.2, 0.25) is 0 Å². The van der Waals surface area contributed by atoms with E-state index in [1.54, 1.807) is 0 Å². The molecule has 2 amide bonds. The van der Waals surface area contributed by atoms with Gasteiger partial charge in [0.05, 0.1) is 11.8 Å². The number of piperidine rings is 1. The number of aromatic hydroxyl groups is 1. The summed E-state index contributed by atoms with van der Waals surface area (Å²) in [5.74, 6) is -0.0986. The highest BCUT2D eigenvalue weighted by Crippen LogP contribution is 2.14. The summed E-state index contributed by atoms with van der Waals surface area (Å²) < 4.78 is 0. The van der Waals surface area contributed by atoms with E-state index in [-0.39, 0.29) is 29.5 Å². The lowest BCUT2D eigenvalue weighted by Gasteiger charge is -2.33. The number of aromatic nitrogens is 1. The van der Waals surface area contributed by atoms with Crippen molar-refractivity contribution in [2.45, 2.75) is 32.7 Å². The molecule has 1 saturated heterocycles. The second-order valence-electron chi connectivity index (χ2n) is 5.66. The summed E-state index contributed by atoms with van der Waals surface area (Å²) in [5, 5.41) is 12.3. The summed E-state index contributed by atoms with van der Waals surface area (Å²) in [6, 6.07) is 1.44. The third-order valence-corrected chi connectivity index (χ3v) is 3.62. The molecule has 2 rings (SSSR count). The first kappa shape index (κ1) is 15.3. The summed E-state index contributed by atoms with van der Waals surface area (Å²) >= 11 is 0. The molecule has 0 atom stereocenters. The topological polar surface area (TPSA) is 82.5 Å². The first-order valence-corrected chi connectivity index (χ1v) is 7.21. The minimum atomic E-state index is -0.243. The summed E-state index contributed by atoms with van der Waals surface area (Å²) in [4.78, 5) is 29.6. The van der Waals surface area contributed by atoms with E-state index in [4.69, 9.17) is 0 Å². The summed E-state index contributed by atoms with van der Waals surface area (Å²) in [5.41, 5.74) is 0.343. The van der Waals surface area contributed by atoms with Gasteiger partial charge in [-0.05, 0) is 18.9 Å². The predicted molar refractivity (Wildman–Crippen MR) is 77.8 cm³/mol. The standard InChI is InChI=1S/C15H21N3O3/c1-10(2)15(21)18-5-3-12(4-6-18)17-14(20)11-7-13(19)9-16-8-11/h7-10,12,19H,3-6H2,1-2H3,(H,17,20). The van der Waals surface area contributed by atoms with Gasteiger partial charge in [0.25, 0.3) is 5.91 Å². The molecule has 0 bridgehead atoms. The maximum Gasteiger partial charge on any atom is 0.253 e. The van der Waals surface area contributed by atoms with E-state index in [0.717, 1.165) is 12.8 Å². The summed E-state index contributed by atoms with van der Waals surface area (Å²) in [7, 11) is 0. The molecule has 0 saturated carbocycles. The zero-order valence-corrected chi connectivity index (χ0v) is 12.4. The van der Waals surface area contributed by atoms with Crippen LogP contribution in [0.3, 0.4) is 0 Å². The van der Waals surface area contributed by atoms with Gasteiger partial charge in [-0.25, -0.2) is 0 Å². The Kier molecular flexibility index (Phi) is 4.77. The van der Waals surface area contributed by atoms with Crippen LogP contribution >= 0.6 is 0 Å². The highest BCUT2D eigenvalue weighted by Gasteiger charge is 2.25. The number of amides is 2. The predicted octanol–water partition coefficient (Wildman–Crippen LogP) is 1.16. The zero-order valence-electron chi connectivity index (χ0n) is 12.4. The van der Waals surface area contributed by atoms with Gasteiger partial charge >= 0.3 is 0 Å². The first-order valence-electron chi connectivity index (χ1n) is 7.21. The fraction of sp³-hybridized carbons (Fsp3) is 0.533. The number of pyridine rings is 1. The summed E-state index contributed by atoms with van der Waals surface area (Å²) in [6.07, 6.45) is 4.20. The van der Waals surface area contributed by atoms with E-state index < -0.39 is 0 Å². The van der Waals surface area contributed by atoms with E-state index in [2.05, 4.69) is 10.3 Å². The average molecular weight is 291 g/mol. The maximum absolute atomic E-state index is 12.0. The maximum atomic E-state index is 12.0. The molecule has 1 aromatic rings. The van der Waals surface area contributed by atoms with Crippen LogP contribution in [-0.4, -0.2) is 45.9 Å². The van der Waals surface area contributed by atoms with Crippen LogP contribution in [0, 0.1) is 5.92 Å². The Hall–Kier alpha value is -2.11. The van der Waals surface area contributed by atoms with Gasteiger partial charge in [-0.15, -0.1) is 0 Å². The molecule has 0 aromatic carbocycles. The van der Waals surface area contributed by atoms with Gasteiger partial charge in [-0.3, -0.25) is 14.6 Å². The Morgan fingerprint density at radius 1 is 1.33 bits per heavy atom. The molecular formula is C15H21N3O3. The highest BCUT2D eigenvalue weighted by molar-refractivity contribution is 5.94. The van der Waals surface area contributed by atoms with Gasteiger partial charge in [0.2, 0.25) is 5.91 Å². The van der Waals surface area contributed by atoms with Crippen molar-refractivity contribution < 1.29 is 14.7 Å². The second-order valence-corrected chi connectivity index (χ2v) is 5.66. The molecule has 2 heterocycles. The minimum Gasteiger partial charge on any atom is -0.506 e. The molecule has 1 fully saturated rings. The molecule has 114 valence electrons. The molecule has 2 N–H and O–H groups in total. The Morgan fingerprint density at radius 2 is 2.00 bits per heavy atom. The molecule has 21 heavy (non-hydrogen) atoms. The number of nitrogens with one attached hydrogen (secondary N) is 1. The Labute approximate surface area is 124 Å². The molecule has 1 aliphatic rings. The summed E-state index contributed by atoms with van der Waals surface area (Å²) in [6.45, 7) is 5.12. The highest BCUT2D eigenvalue weighted by atomic mass is 16.3. The molecule has 0 unspecified atom stereocenters. The van der Waals surface area contributed by atoms with E-state index in [1.807, 2.05) is 18.7 Å². The minimum absolute atomic E-state index is 0.00881. The zero-order chi connectivity index (χ0) is 15.4. The molecule has 1 aliphatic heterocycles. The number of likely N-dealkylation sites (tertiary alicyclic amines) is 1. The van der Waals surface area contributed by atoms with Crippen molar-refractivity contribution in [1.82, 2.24) is 15.2 Å². The third-order valence-electron chi connectivity index (χ3n) is 3.62. The average Bonchev–Trinajstić information content (AvgIpc) is 2.47. The molecular weight excluding hydrogens is 270 g/mol. The van der Waals surface area contributed by atoms with Gasteiger partial charge in [-0.1, -0.05) is 13.8 Å². The van der Waals surface area contributed by atoms with E-state index >= 15 is 0 Å². The lowest BCUT2D eigenvalue weighted by atomic mass is 10.0. The van der Waals surface area contributed by atoms with Crippen LogP contribution < -0.4 is 5.32 Å². The van der Waals surface area contributed by atoms with E-state index in [1.165, 1.54) is 18.5 Å². The molecule has 1 aromatic heterocycles. The van der Waals surface area contributed by atoms with Crippen LogP contribution in [0.25, 0.3) is 0 Å². The first-order chi connectivity index (χ1) is 9.97. The number of hydrogen-bond acceptors (Lipinski definition) is 4. The van der Waals surface area contributed by atoms with Crippen molar-refractivity contribution in [3.63, 3.8) is 0 Å². The quantitative estimate of drug-likeness (QED) is 0.875. The van der Waals surface area contributed by atoms with Crippen molar-refractivity contribution in [2.75, 3.05) is 13.1 Å². The second kappa shape index (κ2) is 6.56. The SMILES string of the molecule is CC(C)C(=O)N1CCC(NC(=O)c2cncc(O)c2)CC1. The van der Waals surface area contributed by atoms with Crippen LogP contribution in [0.5, 0.6) is 5.75 Å². The smallest absolute Gasteiger partial charge is 0.253 e. The van der Waals surface area contributed by atoms with Crippen LogP contribution in [0.4, 0.5) is 0 Å². The fourth-order valence-electron chi connectivity index (χ4n) is 2.43. The Bertz CT molecular complexity index is 523. The van der Waals surface area contributed by atoms with Crippen LogP contribution in [-0.2, 0) is 4.79 Å². The van der Waals surface area contributed by atoms with Crippen molar-refractivity contribution in [3.05, 3.63) is 24.0 Å². The number of hydrogen-bond donors (Lipinski definition) is 2. The third kappa shape index (κ3) is 3.93. The number of carbonyl (C=O) groups excluding carboxylic acids is 2. The normalized spacial score (nSPS) is 16.0. The van der Waals surface area contributed by atoms with Crippen molar-refractivity contribution in [3.8, 4) is 5.75 Å². The number of carbonyl (C=O) groups is 2. The molecule has 0 radical (unpaired) electrons. The van der Waals surface area contributed by atoms with Crippen LogP contribution in [0.15, 0.2) is 18.5 Å². The molecule has 6 heteroatoms. The van der Waals surface area contributed by atoms with Gasteiger partial charge in [0, 0.05) is 31.2 Å². The monoisotopic (exact) mass is 291 g/mol. The lowest BCUT2D eigenvalue weighted by Crippen LogP contribution is -2.47. The fourth-order valence-corrected chi connectivity index (χ4v) is 2.43. The molecule has 6 nitrogen and oxygen atoms in total. The van der Waals surface area contributed by atoms with Gasteiger partial charge in [0.15, 0.2) is 0 Å². The lowest BCUT2D eigenvalue weighted by molar-refractivity contribution is -0.135. The Balaban J connectivity index is 1.86. The van der Waals surface area contributed by atoms with Crippen molar-refractivity contribution in [1.29, 1.82) is 0 Å². The number of nitrogens with zero attached hydrogens (tertiary/aromatic N) is 2. The van der Waals surface area contributed by atoms with Gasteiger partial charge in [-0.2, -0.15) is 0 Å². The Morgan fingerprint density at radius 3 is 2.57 bits per heavy atom. The molecule has 0 spiro atoms. The van der Waals surface area contributed by atoms with E-state index in [9.17, 15) is 14.7 Å². The van der Waals surface area contributed by atoms with Gasteiger partial charge < -0.3 is 15.3 Å². The van der Waals surface area contributed by atoms with Crippen molar-refractivity contribution in [2.24, 2.45) is 5.92 Å². The van der Waals surface area contributed by atoms with Crippen molar-refractivity contribution >= 4 is 11.8 Å². The van der Waals surface area contributed by atoms with E-state index in [0.29, 0.717) is 18.7 Å². The number of rotatable bonds is 3. The van der Waals surface area contributed by atoms with Gasteiger partial charge in [0.1, 0.15) is 5.75 Å².